The Morgan fingerprint density at radius 1 is 1.36 bits per heavy atom. The molecule has 0 unspecified atom stereocenters. The van der Waals surface area contributed by atoms with Crippen LogP contribution in [-0.4, -0.2) is 23.2 Å². The molecule has 0 amide bonds. The minimum Gasteiger partial charge on any atom is -0.434 e. The van der Waals surface area contributed by atoms with Gasteiger partial charge in [-0.3, -0.25) is 0 Å². The molecule has 0 rings (SSSR count). The second-order valence-corrected chi connectivity index (χ2v) is 4.02. The average Bonchev–Trinajstić information content (AvgIpc) is 1.83. The maximum Gasteiger partial charge on any atom is 0.508 e. The van der Waals surface area contributed by atoms with Crippen LogP contribution in [0.5, 0.6) is 0 Å². The monoisotopic (exact) mass is 219 g/mol. The van der Waals surface area contributed by atoms with Crippen molar-refractivity contribution in [2.24, 2.45) is 0 Å². The Morgan fingerprint density at radius 2 is 1.91 bits per heavy atom. The number of carbonyl (C=O) groups is 1. The van der Waals surface area contributed by atoms with E-state index in [0.717, 1.165) is 0 Å². The number of alkyl halides is 3. The number of hydrogen-bond donors (Lipinski definition) is 0. The van der Waals surface area contributed by atoms with Gasteiger partial charge < -0.3 is 9.47 Å². The van der Waals surface area contributed by atoms with E-state index in [-0.39, 0.29) is 13.2 Å². The summed E-state index contributed by atoms with van der Waals surface area (Å²) in [7, 11) is 0. The van der Waals surface area contributed by atoms with Crippen LogP contribution in [0.25, 0.3) is 0 Å². The Bertz CT molecular complexity index is 131. The van der Waals surface area contributed by atoms with Crippen LogP contribution in [-0.2, 0) is 9.47 Å². The third-order valence-electron chi connectivity index (χ3n) is 0.574. The third-order valence-corrected chi connectivity index (χ3v) is 0.901. The van der Waals surface area contributed by atoms with Crippen molar-refractivity contribution >= 4 is 41.0 Å². The van der Waals surface area contributed by atoms with Gasteiger partial charge in [-0.05, 0) is 6.92 Å². The van der Waals surface area contributed by atoms with Gasteiger partial charge in [0, 0.05) is 0 Å². The lowest BCUT2D eigenvalue weighted by Gasteiger charge is -2.10. The molecule has 6 heteroatoms. The van der Waals surface area contributed by atoms with Crippen molar-refractivity contribution in [3.8, 4) is 0 Å². The fourth-order valence-corrected chi connectivity index (χ4v) is 0.429. The largest absolute Gasteiger partial charge is 0.508 e. The summed E-state index contributed by atoms with van der Waals surface area (Å²) in [5, 5.41) is 0. The van der Waals surface area contributed by atoms with Crippen molar-refractivity contribution in [1.82, 2.24) is 0 Å². The molecule has 0 N–H and O–H groups in total. The summed E-state index contributed by atoms with van der Waals surface area (Å²) < 4.78 is 7.04. The van der Waals surface area contributed by atoms with Gasteiger partial charge in [0.2, 0.25) is 3.79 Å². The number of carbonyl (C=O) groups excluding carboxylic acids is 1. The Morgan fingerprint density at radius 3 is 2.27 bits per heavy atom. The van der Waals surface area contributed by atoms with Crippen molar-refractivity contribution in [2.45, 2.75) is 3.79 Å². The van der Waals surface area contributed by atoms with Crippen LogP contribution in [0.4, 0.5) is 4.79 Å². The maximum atomic E-state index is 10.4. The fourth-order valence-electron chi connectivity index (χ4n) is 0.266. The van der Waals surface area contributed by atoms with E-state index in [0.29, 0.717) is 0 Å². The first-order chi connectivity index (χ1) is 4.95. The van der Waals surface area contributed by atoms with Gasteiger partial charge in [0.15, 0.2) is 0 Å². The molecule has 0 aliphatic rings. The van der Waals surface area contributed by atoms with Gasteiger partial charge in [-0.25, -0.2) is 4.79 Å². The smallest absolute Gasteiger partial charge is 0.434 e. The average molecular weight is 220 g/mol. The highest BCUT2D eigenvalue weighted by Gasteiger charge is 2.22. The SMILES string of the molecule is [CH2]COC(=O)OCC(Cl)(Cl)Cl. The van der Waals surface area contributed by atoms with Gasteiger partial charge in [-0.1, -0.05) is 34.8 Å². The summed E-state index contributed by atoms with van der Waals surface area (Å²) in [5.74, 6) is 0. The molecule has 0 aromatic rings. The van der Waals surface area contributed by atoms with Crippen LogP contribution in [0.15, 0.2) is 0 Å². The lowest BCUT2D eigenvalue weighted by Crippen LogP contribution is -2.17. The second kappa shape index (κ2) is 4.91. The molecular formula is C5H6Cl3O3. The first-order valence-corrected chi connectivity index (χ1v) is 3.74. The molecule has 1 radical (unpaired) electrons. The summed E-state index contributed by atoms with van der Waals surface area (Å²) in [6.45, 7) is 2.90. The normalized spacial score (nSPS) is 10.9. The topological polar surface area (TPSA) is 35.5 Å². The summed E-state index contributed by atoms with van der Waals surface area (Å²) in [6, 6.07) is 0. The molecule has 0 fully saturated rings. The van der Waals surface area contributed by atoms with E-state index < -0.39 is 9.95 Å². The van der Waals surface area contributed by atoms with E-state index >= 15 is 0 Å². The molecule has 65 valence electrons. The molecule has 0 aliphatic heterocycles. The first kappa shape index (κ1) is 11.1. The number of ether oxygens (including phenoxy) is 2. The van der Waals surface area contributed by atoms with Crippen molar-refractivity contribution in [3.05, 3.63) is 6.92 Å². The molecule has 0 saturated heterocycles. The highest BCUT2D eigenvalue weighted by molar-refractivity contribution is 6.67. The van der Waals surface area contributed by atoms with Gasteiger partial charge >= 0.3 is 6.16 Å². The highest BCUT2D eigenvalue weighted by Crippen LogP contribution is 2.25. The zero-order valence-electron chi connectivity index (χ0n) is 5.48. The van der Waals surface area contributed by atoms with E-state index in [1.165, 1.54) is 0 Å². The van der Waals surface area contributed by atoms with E-state index in [4.69, 9.17) is 34.8 Å². The van der Waals surface area contributed by atoms with E-state index in [9.17, 15) is 4.79 Å². The number of halogens is 3. The minimum atomic E-state index is -1.60. The summed E-state index contributed by atoms with van der Waals surface area (Å²) in [5.41, 5.74) is 0. The van der Waals surface area contributed by atoms with E-state index in [1.54, 1.807) is 0 Å². The second-order valence-electron chi connectivity index (χ2n) is 1.50. The summed E-state index contributed by atoms with van der Waals surface area (Å²) >= 11 is 15.8. The number of hydrogen-bond acceptors (Lipinski definition) is 3. The van der Waals surface area contributed by atoms with Gasteiger partial charge in [-0.15, -0.1) is 0 Å². The molecule has 0 atom stereocenters. The molecule has 0 bridgehead atoms. The standard InChI is InChI=1S/C5H6Cl3O3/c1-2-10-4(9)11-3-5(6,7)8/h1-3H2. The predicted octanol–water partition coefficient (Wildman–Crippen LogP) is 2.34. The minimum absolute atomic E-state index is 0.0152. The zero-order chi connectivity index (χ0) is 8.91. The lowest BCUT2D eigenvalue weighted by molar-refractivity contribution is 0.0643. The van der Waals surface area contributed by atoms with Crippen molar-refractivity contribution in [2.75, 3.05) is 13.2 Å². The Kier molecular flexibility index (Phi) is 4.97. The number of rotatable bonds is 2. The quantitative estimate of drug-likeness (QED) is 0.529. The molecule has 0 aromatic carbocycles. The highest BCUT2D eigenvalue weighted by atomic mass is 35.6. The molecule has 0 heterocycles. The Hall–Kier alpha value is 0.140. The van der Waals surface area contributed by atoms with Crippen LogP contribution in [0, 0.1) is 6.92 Å². The zero-order valence-corrected chi connectivity index (χ0v) is 7.75. The van der Waals surface area contributed by atoms with E-state index in [1.807, 2.05) is 0 Å². The van der Waals surface area contributed by atoms with Crippen molar-refractivity contribution in [3.63, 3.8) is 0 Å². The molecule has 0 spiro atoms. The molecule has 0 saturated carbocycles. The van der Waals surface area contributed by atoms with Gasteiger partial charge in [-0.2, -0.15) is 0 Å². The first-order valence-electron chi connectivity index (χ1n) is 2.61. The molecule has 0 aliphatic carbocycles. The maximum absolute atomic E-state index is 10.4. The van der Waals surface area contributed by atoms with Crippen LogP contribution in [0.2, 0.25) is 0 Å². The van der Waals surface area contributed by atoms with Gasteiger partial charge in [0.25, 0.3) is 0 Å². The third kappa shape index (κ3) is 8.04. The molecule has 11 heavy (non-hydrogen) atoms. The summed E-state index contributed by atoms with van der Waals surface area (Å²) in [6.07, 6.45) is -0.897. The van der Waals surface area contributed by atoms with Gasteiger partial charge in [0.05, 0.1) is 6.61 Å². The lowest BCUT2D eigenvalue weighted by atomic mass is 10.8. The van der Waals surface area contributed by atoms with Crippen molar-refractivity contribution < 1.29 is 14.3 Å². The molecule has 0 aromatic heterocycles. The Balaban J connectivity index is 3.46. The van der Waals surface area contributed by atoms with Crippen molar-refractivity contribution in [1.29, 1.82) is 0 Å². The van der Waals surface area contributed by atoms with Crippen LogP contribution < -0.4 is 0 Å². The van der Waals surface area contributed by atoms with Crippen LogP contribution >= 0.6 is 34.8 Å². The van der Waals surface area contributed by atoms with Gasteiger partial charge in [0.1, 0.15) is 6.61 Å². The predicted molar refractivity (Wildman–Crippen MR) is 42.9 cm³/mol. The van der Waals surface area contributed by atoms with Crippen LogP contribution in [0.1, 0.15) is 0 Å². The Labute approximate surface area is 79.5 Å². The summed E-state index contributed by atoms with van der Waals surface area (Å²) in [4.78, 5) is 10.4. The van der Waals surface area contributed by atoms with Crippen LogP contribution in [0.3, 0.4) is 0 Å². The van der Waals surface area contributed by atoms with E-state index in [2.05, 4.69) is 16.4 Å². The molecular weight excluding hydrogens is 214 g/mol. The fraction of sp³-hybridized carbons (Fsp3) is 0.600. The molecule has 3 nitrogen and oxygen atoms in total.